The molecule has 0 saturated heterocycles. The molecule has 0 atom stereocenters. The van der Waals surface area contributed by atoms with E-state index < -0.39 is 0 Å². The summed E-state index contributed by atoms with van der Waals surface area (Å²) in [6, 6.07) is 10.3. The second-order valence-electron chi connectivity index (χ2n) is 8.12. The Bertz CT molecular complexity index is 582. The van der Waals surface area contributed by atoms with Gasteiger partial charge in [0.05, 0.1) is 11.6 Å². The van der Waals surface area contributed by atoms with Gasteiger partial charge in [-0.25, -0.2) is 0 Å². The zero-order valence-electron chi connectivity index (χ0n) is 15.2. The standard InChI is InChI=1S/C23H30ClN/c24-16-15-20-9-13-23(14-10-20)22-11-7-19(8-12-22)2-1-18-3-5-21(17-25)6-4-18/h3-6,15-16,19-20,22-23H,1-2,7-14H2. The summed E-state index contributed by atoms with van der Waals surface area (Å²) in [6.45, 7) is 0. The number of allylic oxidation sites excluding steroid dienone is 1. The fourth-order valence-electron chi connectivity index (χ4n) is 4.98. The molecule has 134 valence electrons. The topological polar surface area (TPSA) is 23.8 Å². The first-order chi connectivity index (χ1) is 12.3. The third kappa shape index (κ3) is 5.35. The molecule has 0 heterocycles. The van der Waals surface area contributed by atoms with Crippen LogP contribution in [0.5, 0.6) is 0 Å². The van der Waals surface area contributed by atoms with Gasteiger partial charge in [-0.05, 0) is 92.7 Å². The molecule has 1 nitrogen and oxygen atoms in total. The molecule has 0 radical (unpaired) electrons. The molecule has 0 aliphatic heterocycles. The van der Waals surface area contributed by atoms with E-state index in [9.17, 15) is 0 Å². The Labute approximate surface area is 158 Å². The molecule has 0 aromatic heterocycles. The first-order valence-electron chi connectivity index (χ1n) is 10.0. The number of benzene rings is 1. The molecule has 2 fully saturated rings. The second-order valence-corrected chi connectivity index (χ2v) is 8.37. The number of hydrogen-bond donors (Lipinski definition) is 0. The minimum atomic E-state index is 0.734. The van der Waals surface area contributed by atoms with Gasteiger partial charge in [-0.3, -0.25) is 0 Å². The van der Waals surface area contributed by atoms with Crippen molar-refractivity contribution in [3.63, 3.8) is 0 Å². The van der Waals surface area contributed by atoms with Gasteiger partial charge >= 0.3 is 0 Å². The second kappa shape index (κ2) is 9.44. The van der Waals surface area contributed by atoms with Gasteiger partial charge in [-0.15, -0.1) is 0 Å². The highest BCUT2D eigenvalue weighted by Crippen LogP contribution is 2.42. The van der Waals surface area contributed by atoms with Crippen LogP contribution in [0, 0.1) is 35.0 Å². The fourth-order valence-corrected chi connectivity index (χ4v) is 5.18. The largest absolute Gasteiger partial charge is 0.192 e. The van der Waals surface area contributed by atoms with Crippen molar-refractivity contribution in [2.45, 2.75) is 64.2 Å². The van der Waals surface area contributed by atoms with Gasteiger partial charge in [0.2, 0.25) is 0 Å². The Morgan fingerprint density at radius 3 is 2.08 bits per heavy atom. The van der Waals surface area contributed by atoms with Crippen LogP contribution in [0.4, 0.5) is 0 Å². The van der Waals surface area contributed by atoms with Crippen LogP contribution in [0.1, 0.15) is 68.9 Å². The van der Waals surface area contributed by atoms with Crippen LogP contribution in [0.2, 0.25) is 0 Å². The van der Waals surface area contributed by atoms with E-state index in [2.05, 4.69) is 24.3 Å². The smallest absolute Gasteiger partial charge is 0.0991 e. The van der Waals surface area contributed by atoms with Crippen molar-refractivity contribution >= 4 is 11.6 Å². The van der Waals surface area contributed by atoms with Crippen LogP contribution in [-0.2, 0) is 6.42 Å². The van der Waals surface area contributed by atoms with Crippen molar-refractivity contribution in [2.75, 3.05) is 0 Å². The van der Waals surface area contributed by atoms with E-state index in [4.69, 9.17) is 16.9 Å². The Morgan fingerprint density at radius 2 is 1.52 bits per heavy atom. The lowest BCUT2D eigenvalue weighted by Crippen LogP contribution is -2.25. The van der Waals surface area contributed by atoms with Gasteiger partial charge in [-0.2, -0.15) is 5.26 Å². The molecule has 0 amide bonds. The molecule has 3 rings (SSSR count). The van der Waals surface area contributed by atoms with Crippen molar-refractivity contribution in [1.29, 1.82) is 5.26 Å². The maximum atomic E-state index is 8.88. The lowest BCUT2D eigenvalue weighted by molar-refractivity contribution is 0.153. The third-order valence-electron chi connectivity index (χ3n) is 6.64. The van der Waals surface area contributed by atoms with Crippen LogP contribution in [0.25, 0.3) is 0 Å². The molecule has 1 aromatic carbocycles. The van der Waals surface area contributed by atoms with Crippen molar-refractivity contribution in [2.24, 2.45) is 23.7 Å². The number of rotatable bonds is 5. The van der Waals surface area contributed by atoms with Crippen molar-refractivity contribution < 1.29 is 0 Å². The molecular formula is C23H30ClN. The number of nitrogens with zero attached hydrogens (tertiary/aromatic N) is 1. The molecule has 25 heavy (non-hydrogen) atoms. The maximum Gasteiger partial charge on any atom is 0.0991 e. The summed E-state index contributed by atoms with van der Waals surface area (Å²) in [7, 11) is 0. The number of hydrogen-bond acceptors (Lipinski definition) is 1. The summed E-state index contributed by atoms with van der Waals surface area (Å²) in [5.41, 5.74) is 3.86. The first-order valence-corrected chi connectivity index (χ1v) is 10.5. The average Bonchev–Trinajstić information content (AvgIpc) is 2.68. The van der Waals surface area contributed by atoms with E-state index in [1.165, 1.54) is 63.4 Å². The van der Waals surface area contributed by atoms with E-state index in [1.54, 1.807) is 5.54 Å². The van der Waals surface area contributed by atoms with Gasteiger partial charge < -0.3 is 0 Å². The Kier molecular flexibility index (Phi) is 7.00. The monoisotopic (exact) mass is 355 g/mol. The number of aryl methyl sites for hydroxylation is 1. The van der Waals surface area contributed by atoms with E-state index >= 15 is 0 Å². The van der Waals surface area contributed by atoms with E-state index in [-0.39, 0.29) is 0 Å². The Morgan fingerprint density at radius 1 is 0.920 bits per heavy atom. The zero-order chi connectivity index (χ0) is 17.5. The fraction of sp³-hybridized carbons (Fsp3) is 0.609. The first kappa shape index (κ1) is 18.5. The van der Waals surface area contributed by atoms with E-state index in [0.29, 0.717) is 0 Å². The summed E-state index contributed by atoms with van der Waals surface area (Å²) < 4.78 is 0. The van der Waals surface area contributed by atoms with Gasteiger partial charge in [-0.1, -0.05) is 42.7 Å². The molecule has 0 unspecified atom stereocenters. The zero-order valence-corrected chi connectivity index (χ0v) is 15.9. The van der Waals surface area contributed by atoms with Gasteiger partial charge in [0.15, 0.2) is 0 Å². The highest BCUT2D eigenvalue weighted by Gasteiger charge is 2.30. The lowest BCUT2D eigenvalue weighted by Gasteiger charge is -2.37. The van der Waals surface area contributed by atoms with Crippen LogP contribution in [0.3, 0.4) is 0 Å². The average molecular weight is 356 g/mol. The molecular weight excluding hydrogens is 326 g/mol. The quantitative estimate of drug-likeness (QED) is 0.566. The lowest BCUT2D eigenvalue weighted by atomic mass is 9.68. The van der Waals surface area contributed by atoms with Crippen LogP contribution in [0.15, 0.2) is 35.9 Å². The normalized spacial score (nSPS) is 30.2. The summed E-state index contributed by atoms with van der Waals surface area (Å²) in [6.07, 6.45) is 15.9. The molecule has 2 aliphatic rings. The summed E-state index contributed by atoms with van der Waals surface area (Å²) >= 11 is 5.73. The van der Waals surface area contributed by atoms with Crippen molar-refractivity contribution in [3.8, 4) is 6.07 Å². The molecule has 1 aromatic rings. The Hall–Kier alpha value is -1.26. The van der Waals surface area contributed by atoms with E-state index in [1.807, 2.05) is 12.1 Å². The van der Waals surface area contributed by atoms with E-state index in [0.717, 1.165) is 35.7 Å². The third-order valence-corrected chi connectivity index (χ3v) is 6.79. The molecule has 0 N–H and O–H groups in total. The van der Waals surface area contributed by atoms with Crippen LogP contribution in [-0.4, -0.2) is 0 Å². The van der Waals surface area contributed by atoms with Gasteiger partial charge in [0, 0.05) is 5.54 Å². The predicted molar refractivity (Wildman–Crippen MR) is 105 cm³/mol. The molecule has 0 spiro atoms. The van der Waals surface area contributed by atoms with Gasteiger partial charge in [0.1, 0.15) is 0 Å². The van der Waals surface area contributed by atoms with Crippen molar-refractivity contribution in [3.05, 3.63) is 47.0 Å². The van der Waals surface area contributed by atoms with Crippen LogP contribution < -0.4 is 0 Å². The van der Waals surface area contributed by atoms with Crippen molar-refractivity contribution in [1.82, 2.24) is 0 Å². The summed E-state index contributed by atoms with van der Waals surface area (Å²) in [4.78, 5) is 0. The molecule has 2 aliphatic carbocycles. The number of halogens is 1. The molecule has 2 saturated carbocycles. The minimum Gasteiger partial charge on any atom is -0.192 e. The minimum absolute atomic E-state index is 0.734. The van der Waals surface area contributed by atoms with Gasteiger partial charge in [0.25, 0.3) is 0 Å². The molecule has 0 bridgehead atoms. The molecule has 2 heteroatoms. The highest BCUT2D eigenvalue weighted by atomic mass is 35.5. The van der Waals surface area contributed by atoms with Crippen LogP contribution >= 0.6 is 11.6 Å². The SMILES string of the molecule is N#Cc1ccc(CCC2CCC(C3CCC(C=CCl)CC3)CC2)cc1. The maximum absolute atomic E-state index is 8.88. The summed E-state index contributed by atoms with van der Waals surface area (Å²) in [5.74, 6) is 3.59. The highest BCUT2D eigenvalue weighted by molar-refractivity contribution is 6.25. The predicted octanol–water partition coefficient (Wildman–Crippen LogP) is 6.86. The summed E-state index contributed by atoms with van der Waals surface area (Å²) in [5, 5.41) is 8.88. The Balaban J connectivity index is 1.38. The number of nitriles is 1.